The number of aromatic nitrogens is 1. The van der Waals surface area contributed by atoms with Gasteiger partial charge < -0.3 is 4.74 Å². The number of halogens is 1. The molecule has 1 aromatic carbocycles. The number of Topliss-reactive ketones (excluding diaryl/α,β-unsaturated/α-hetero) is 1. The molecule has 1 aromatic heterocycles. The van der Waals surface area contributed by atoms with Gasteiger partial charge in [0, 0.05) is 0 Å². The van der Waals surface area contributed by atoms with Crippen LogP contribution in [0.25, 0.3) is 0 Å². The highest BCUT2D eigenvalue weighted by Crippen LogP contribution is 2.37. The second kappa shape index (κ2) is 4.37. The maximum Gasteiger partial charge on any atom is 0.170 e. The Kier molecular flexibility index (Phi) is 2.84. The first-order valence-electron chi connectivity index (χ1n) is 5.55. The van der Waals surface area contributed by atoms with Crippen LogP contribution in [0.5, 0.6) is 5.75 Å². The normalized spacial score (nSPS) is 18.3. The summed E-state index contributed by atoms with van der Waals surface area (Å²) in [7, 11) is 0. The molecule has 0 aliphatic carbocycles. The third-order valence-electron chi connectivity index (χ3n) is 2.85. The van der Waals surface area contributed by atoms with Crippen molar-refractivity contribution in [2.45, 2.75) is 19.4 Å². The molecule has 3 nitrogen and oxygen atoms in total. The molecule has 0 N–H and O–H groups in total. The number of hydrogen-bond donors (Lipinski definition) is 0. The number of ketones is 1. The first-order chi connectivity index (χ1) is 8.63. The lowest BCUT2D eigenvalue weighted by Gasteiger charge is -2.23. The summed E-state index contributed by atoms with van der Waals surface area (Å²) in [5, 5.41) is 0.750. The molecular weight excluding hydrogens is 270 g/mol. The number of benzene rings is 1. The van der Waals surface area contributed by atoms with Crippen LogP contribution in [0, 0.1) is 6.92 Å². The van der Waals surface area contributed by atoms with E-state index in [-0.39, 0.29) is 11.9 Å². The van der Waals surface area contributed by atoms with E-state index in [1.54, 1.807) is 6.20 Å². The summed E-state index contributed by atoms with van der Waals surface area (Å²) in [4.78, 5) is 16.3. The molecule has 2 aromatic rings. The summed E-state index contributed by atoms with van der Waals surface area (Å²) >= 11 is 7.20. The lowest BCUT2D eigenvalue weighted by Crippen LogP contribution is -2.20. The first kappa shape index (κ1) is 11.7. The SMILES string of the molecule is Cc1ccc2c(c1)C(=O)CC(c1ncc(Cl)s1)O2. The number of thiazole rings is 1. The monoisotopic (exact) mass is 279 g/mol. The van der Waals surface area contributed by atoms with Crippen molar-refractivity contribution in [1.82, 2.24) is 4.98 Å². The van der Waals surface area contributed by atoms with Gasteiger partial charge in [0.2, 0.25) is 0 Å². The molecule has 3 rings (SSSR count). The van der Waals surface area contributed by atoms with E-state index >= 15 is 0 Å². The number of rotatable bonds is 1. The summed E-state index contributed by atoms with van der Waals surface area (Å²) in [6.45, 7) is 1.96. The van der Waals surface area contributed by atoms with Crippen LogP contribution in [0.2, 0.25) is 4.34 Å². The zero-order chi connectivity index (χ0) is 12.7. The molecule has 0 fully saturated rings. The molecule has 0 bridgehead atoms. The van der Waals surface area contributed by atoms with Crippen LogP contribution in [0.3, 0.4) is 0 Å². The Morgan fingerprint density at radius 2 is 2.33 bits per heavy atom. The molecule has 1 unspecified atom stereocenters. The predicted molar refractivity (Wildman–Crippen MR) is 70.6 cm³/mol. The number of ether oxygens (including phenoxy) is 1. The van der Waals surface area contributed by atoms with Crippen molar-refractivity contribution in [3.63, 3.8) is 0 Å². The van der Waals surface area contributed by atoms with Crippen molar-refractivity contribution in [2.75, 3.05) is 0 Å². The molecule has 92 valence electrons. The number of hydrogen-bond acceptors (Lipinski definition) is 4. The van der Waals surface area contributed by atoms with Crippen LogP contribution in [0.1, 0.15) is 33.5 Å². The average molecular weight is 280 g/mol. The van der Waals surface area contributed by atoms with E-state index < -0.39 is 0 Å². The maximum absolute atomic E-state index is 12.1. The van der Waals surface area contributed by atoms with E-state index in [0.717, 1.165) is 10.6 Å². The highest BCUT2D eigenvalue weighted by Gasteiger charge is 2.29. The van der Waals surface area contributed by atoms with Crippen molar-refractivity contribution in [2.24, 2.45) is 0 Å². The largest absolute Gasteiger partial charge is 0.482 e. The Hall–Kier alpha value is -1.39. The van der Waals surface area contributed by atoms with Crippen molar-refractivity contribution in [3.8, 4) is 5.75 Å². The van der Waals surface area contributed by atoms with Crippen molar-refractivity contribution >= 4 is 28.7 Å². The summed E-state index contributed by atoms with van der Waals surface area (Å²) in [5.41, 5.74) is 1.72. The van der Waals surface area contributed by atoms with E-state index in [9.17, 15) is 4.79 Å². The maximum atomic E-state index is 12.1. The number of fused-ring (bicyclic) bond motifs is 1. The van der Waals surface area contributed by atoms with Gasteiger partial charge >= 0.3 is 0 Å². The standard InChI is InChI=1S/C13H10ClNO2S/c1-7-2-3-10-8(4-7)9(16)5-11(17-10)13-15-6-12(14)18-13/h2-4,6,11H,5H2,1H3. The highest BCUT2D eigenvalue weighted by molar-refractivity contribution is 7.15. The zero-order valence-corrected chi connectivity index (χ0v) is 11.2. The minimum Gasteiger partial charge on any atom is -0.482 e. The predicted octanol–water partition coefficient (Wildman–Crippen LogP) is 3.81. The lowest BCUT2D eigenvalue weighted by atomic mass is 9.99. The number of nitrogens with zero attached hydrogens (tertiary/aromatic N) is 1. The smallest absolute Gasteiger partial charge is 0.170 e. The molecule has 1 aliphatic heterocycles. The van der Waals surface area contributed by atoms with Gasteiger partial charge in [0.1, 0.15) is 15.1 Å². The van der Waals surface area contributed by atoms with Gasteiger partial charge in [-0.15, -0.1) is 11.3 Å². The van der Waals surface area contributed by atoms with Gasteiger partial charge in [-0.05, 0) is 19.1 Å². The number of aryl methyl sites for hydroxylation is 1. The molecule has 0 radical (unpaired) electrons. The molecule has 0 spiro atoms. The van der Waals surface area contributed by atoms with Gasteiger partial charge in [0.05, 0.1) is 18.2 Å². The molecule has 18 heavy (non-hydrogen) atoms. The molecule has 2 heterocycles. The molecule has 0 amide bonds. The Morgan fingerprint density at radius 1 is 1.50 bits per heavy atom. The highest BCUT2D eigenvalue weighted by atomic mass is 35.5. The second-order valence-electron chi connectivity index (χ2n) is 4.24. The summed E-state index contributed by atoms with van der Waals surface area (Å²) in [6.07, 6.45) is 1.59. The third kappa shape index (κ3) is 2.02. The topological polar surface area (TPSA) is 39.2 Å². The Bertz CT molecular complexity index is 623. The van der Waals surface area contributed by atoms with Gasteiger partial charge in [0.15, 0.2) is 11.9 Å². The van der Waals surface area contributed by atoms with Gasteiger partial charge in [-0.1, -0.05) is 23.2 Å². The zero-order valence-electron chi connectivity index (χ0n) is 9.64. The summed E-state index contributed by atoms with van der Waals surface area (Å²) in [5.74, 6) is 0.726. The molecule has 1 aliphatic rings. The molecule has 0 saturated heterocycles. The summed E-state index contributed by atoms with van der Waals surface area (Å²) in [6, 6.07) is 5.63. The van der Waals surface area contributed by atoms with Crippen molar-refractivity contribution in [3.05, 3.63) is 44.9 Å². The molecule has 5 heteroatoms. The number of carbonyl (C=O) groups is 1. The van der Waals surface area contributed by atoms with Gasteiger partial charge in [0.25, 0.3) is 0 Å². The van der Waals surface area contributed by atoms with Crippen molar-refractivity contribution < 1.29 is 9.53 Å². The Labute approximate surface area is 113 Å². The van der Waals surface area contributed by atoms with E-state index in [4.69, 9.17) is 16.3 Å². The van der Waals surface area contributed by atoms with E-state index in [0.29, 0.717) is 22.1 Å². The quantitative estimate of drug-likeness (QED) is 0.797. The fourth-order valence-corrected chi connectivity index (χ4v) is 2.95. The Balaban J connectivity index is 1.96. The van der Waals surface area contributed by atoms with Gasteiger partial charge in [-0.25, -0.2) is 4.98 Å². The van der Waals surface area contributed by atoms with E-state index in [1.807, 2.05) is 25.1 Å². The van der Waals surface area contributed by atoms with Crippen LogP contribution in [-0.2, 0) is 0 Å². The number of carbonyl (C=O) groups excluding carboxylic acids is 1. The van der Waals surface area contributed by atoms with Gasteiger partial charge in [-0.2, -0.15) is 0 Å². The van der Waals surface area contributed by atoms with Crippen molar-refractivity contribution in [1.29, 1.82) is 0 Å². The second-order valence-corrected chi connectivity index (χ2v) is 5.93. The van der Waals surface area contributed by atoms with E-state index in [2.05, 4.69) is 4.98 Å². The van der Waals surface area contributed by atoms with Gasteiger partial charge in [-0.3, -0.25) is 4.79 Å². The fraction of sp³-hybridized carbons (Fsp3) is 0.231. The Morgan fingerprint density at radius 3 is 3.06 bits per heavy atom. The van der Waals surface area contributed by atoms with Crippen LogP contribution >= 0.6 is 22.9 Å². The molecular formula is C13H10ClNO2S. The van der Waals surface area contributed by atoms with Crippen LogP contribution in [0.4, 0.5) is 0 Å². The van der Waals surface area contributed by atoms with E-state index in [1.165, 1.54) is 11.3 Å². The first-order valence-corrected chi connectivity index (χ1v) is 6.74. The van der Waals surface area contributed by atoms with Crippen LogP contribution in [-0.4, -0.2) is 10.8 Å². The van der Waals surface area contributed by atoms with Crippen LogP contribution < -0.4 is 4.74 Å². The minimum atomic E-state index is -0.315. The lowest BCUT2D eigenvalue weighted by molar-refractivity contribution is 0.0849. The van der Waals surface area contributed by atoms with Crippen LogP contribution in [0.15, 0.2) is 24.4 Å². The average Bonchev–Trinajstić information content (AvgIpc) is 2.77. The fourth-order valence-electron chi connectivity index (χ4n) is 1.99. The third-order valence-corrected chi connectivity index (χ3v) is 4.05. The molecule has 0 saturated carbocycles. The minimum absolute atomic E-state index is 0.0938. The molecule has 1 atom stereocenters. The summed E-state index contributed by atoms with van der Waals surface area (Å²) < 4.78 is 6.43.